The third kappa shape index (κ3) is 58.1. The Morgan fingerprint density at radius 2 is 0.569 bits per heavy atom. The number of hydrogen-bond acceptors (Lipinski definition) is 5. The lowest BCUT2D eigenvalue weighted by Crippen LogP contribution is -2.45. The van der Waals surface area contributed by atoms with E-state index in [1.807, 2.05) is 0 Å². The van der Waals surface area contributed by atoms with Crippen LogP contribution in [-0.2, 0) is 14.3 Å². The molecule has 0 aromatic rings. The lowest BCUT2D eigenvalue weighted by molar-refractivity contribution is -0.143. The Kier molecular flexibility index (Phi) is 61.4. The van der Waals surface area contributed by atoms with Crippen molar-refractivity contribution >= 4 is 11.9 Å². The third-order valence-electron chi connectivity index (χ3n) is 15.9. The Labute approximate surface area is 451 Å². The first kappa shape index (κ1) is 70.9. The standard InChI is InChI=1S/C66H131NO5/c1-3-5-7-9-11-13-15-17-19-21-22-23-24-25-26-27-29-30-34-38-42-46-50-54-58-64(69)63(62-68)67-65(70)59-55-51-47-43-39-35-32-33-37-41-45-49-53-57-61-72-66(71)60-56-52-48-44-40-36-31-28-20-18-16-14-12-10-8-6-4-2/h63-64,68-69H,3-62H2,1-2H3,(H,67,70). The van der Waals surface area contributed by atoms with Crippen molar-refractivity contribution in [1.82, 2.24) is 5.32 Å². The van der Waals surface area contributed by atoms with E-state index in [4.69, 9.17) is 4.74 Å². The maximum atomic E-state index is 12.5. The molecule has 0 aliphatic heterocycles. The lowest BCUT2D eigenvalue weighted by Gasteiger charge is -2.22. The maximum Gasteiger partial charge on any atom is 0.305 e. The lowest BCUT2D eigenvalue weighted by atomic mass is 10.0. The summed E-state index contributed by atoms with van der Waals surface area (Å²) in [6, 6.07) is -0.549. The highest BCUT2D eigenvalue weighted by molar-refractivity contribution is 5.76. The molecule has 6 heteroatoms. The topological polar surface area (TPSA) is 95.9 Å². The van der Waals surface area contributed by atoms with Crippen molar-refractivity contribution in [3.05, 3.63) is 0 Å². The molecule has 0 aliphatic rings. The monoisotopic (exact) mass is 1020 g/mol. The van der Waals surface area contributed by atoms with Gasteiger partial charge in [0.05, 0.1) is 25.4 Å². The van der Waals surface area contributed by atoms with Crippen LogP contribution in [0.1, 0.15) is 386 Å². The molecule has 0 saturated heterocycles. The van der Waals surface area contributed by atoms with Gasteiger partial charge in [-0.05, 0) is 25.7 Å². The Morgan fingerprint density at radius 3 is 0.847 bits per heavy atom. The number of carbonyl (C=O) groups is 2. The van der Waals surface area contributed by atoms with Crippen molar-refractivity contribution < 1.29 is 24.5 Å². The van der Waals surface area contributed by atoms with E-state index in [9.17, 15) is 19.8 Å². The van der Waals surface area contributed by atoms with Crippen molar-refractivity contribution in [1.29, 1.82) is 0 Å². The van der Waals surface area contributed by atoms with Gasteiger partial charge in [0.2, 0.25) is 5.91 Å². The van der Waals surface area contributed by atoms with Crippen molar-refractivity contribution in [2.45, 2.75) is 398 Å². The van der Waals surface area contributed by atoms with Crippen molar-refractivity contribution in [2.75, 3.05) is 13.2 Å². The van der Waals surface area contributed by atoms with Crippen LogP contribution >= 0.6 is 0 Å². The summed E-state index contributed by atoms with van der Waals surface area (Å²) in [6.07, 6.45) is 74.1. The van der Waals surface area contributed by atoms with Gasteiger partial charge >= 0.3 is 5.97 Å². The third-order valence-corrected chi connectivity index (χ3v) is 15.9. The van der Waals surface area contributed by atoms with Gasteiger partial charge < -0.3 is 20.3 Å². The number of ether oxygens (including phenoxy) is 1. The first-order chi connectivity index (χ1) is 35.5. The van der Waals surface area contributed by atoms with Crippen LogP contribution in [0.5, 0.6) is 0 Å². The Morgan fingerprint density at radius 1 is 0.333 bits per heavy atom. The predicted molar refractivity (Wildman–Crippen MR) is 315 cm³/mol. The number of rotatable bonds is 63. The molecule has 6 nitrogen and oxygen atoms in total. The van der Waals surface area contributed by atoms with Gasteiger partial charge in [0.15, 0.2) is 0 Å². The molecule has 0 aliphatic carbocycles. The molecule has 72 heavy (non-hydrogen) atoms. The van der Waals surface area contributed by atoms with Gasteiger partial charge in [0, 0.05) is 12.8 Å². The zero-order chi connectivity index (χ0) is 52.2. The largest absolute Gasteiger partial charge is 0.466 e. The molecule has 0 spiro atoms. The summed E-state index contributed by atoms with van der Waals surface area (Å²) in [4.78, 5) is 24.6. The summed E-state index contributed by atoms with van der Waals surface area (Å²) in [5.74, 6) is -0.0360. The molecule has 0 saturated carbocycles. The fourth-order valence-corrected chi connectivity index (χ4v) is 10.8. The Hall–Kier alpha value is -1.14. The number of nitrogens with one attached hydrogen (secondary N) is 1. The summed E-state index contributed by atoms with van der Waals surface area (Å²) in [7, 11) is 0. The van der Waals surface area contributed by atoms with E-state index < -0.39 is 12.1 Å². The predicted octanol–water partition coefficient (Wildman–Crippen LogP) is 21.0. The van der Waals surface area contributed by atoms with Gasteiger partial charge in [0.25, 0.3) is 0 Å². The number of carbonyl (C=O) groups excluding carboxylic acids is 2. The number of unbranched alkanes of at least 4 members (excludes halogenated alkanes) is 52. The van der Waals surface area contributed by atoms with Crippen LogP contribution in [0.15, 0.2) is 0 Å². The minimum absolute atomic E-state index is 0.00367. The van der Waals surface area contributed by atoms with Crippen molar-refractivity contribution in [3.8, 4) is 0 Å². The van der Waals surface area contributed by atoms with Crippen LogP contribution in [-0.4, -0.2) is 47.4 Å². The van der Waals surface area contributed by atoms with Gasteiger partial charge in [0.1, 0.15) is 0 Å². The number of aliphatic hydroxyl groups excluding tert-OH is 2. The minimum atomic E-state index is -0.672. The highest BCUT2D eigenvalue weighted by Crippen LogP contribution is 2.19. The minimum Gasteiger partial charge on any atom is -0.466 e. The first-order valence-electron chi connectivity index (χ1n) is 33.3. The maximum absolute atomic E-state index is 12.5. The Balaban J connectivity index is 3.40. The average molecular weight is 1020 g/mol. The average Bonchev–Trinajstić information content (AvgIpc) is 3.38. The molecule has 0 heterocycles. The first-order valence-corrected chi connectivity index (χ1v) is 33.3. The normalized spacial score (nSPS) is 12.4. The second-order valence-electron chi connectivity index (χ2n) is 23.2. The molecule has 0 aromatic carbocycles. The Bertz CT molecular complexity index is 1040. The van der Waals surface area contributed by atoms with Crippen molar-refractivity contribution in [2.24, 2.45) is 0 Å². The zero-order valence-electron chi connectivity index (χ0n) is 49.2. The molecule has 1 amide bonds. The molecule has 2 atom stereocenters. The van der Waals surface area contributed by atoms with E-state index in [-0.39, 0.29) is 18.5 Å². The number of aliphatic hydroxyl groups is 2. The molecule has 0 rings (SSSR count). The highest BCUT2D eigenvalue weighted by Gasteiger charge is 2.20. The number of hydrogen-bond donors (Lipinski definition) is 3. The van der Waals surface area contributed by atoms with E-state index in [1.165, 1.54) is 302 Å². The molecule has 0 aromatic heterocycles. The van der Waals surface area contributed by atoms with Gasteiger partial charge in [-0.1, -0.05) is 348 Å². The molecular weight excluding hydrogens is 887 g/mol. The summed E-state index contributed by atoms with van der Waals surface area (Å²) >= 11 is 0. The molecule has 0 fully saturated rings. The second-order valence-corrected chi connectivity index (χ2v) is 23.2. The SMILES string of the molecule is CCCCCCCCCCCCCCCCCCCCCCCCCCC(O)C(CO)NC(=O)CCCCCCCCCCCCCCCCOC(=O)CCCCCCCCCCCCCCCCCCC. The molecule has 0 radical (unpaired) electrons. The fourth-order valence-electron chi connectivity index (χ4n) is 10.8. The fraction of sp³-hybridized carbons (Fsp3) is 0.970. The molecule has 3 N–H and O–H groups in total. The van der Waals surface area contributed by atoms with Gasteiger partial charge in [-0.3, -0.25) is 9.59 Å². The van der Waals surface area contributed by atoms with E-state index in [2.05, 4.69) is 19.2 Å². The van der Waals surface area contributed by atoms with Gasteiger partial charge in [-0.15, -0.1) is 0 Å². The van der Waals surface area contributed by atoms with Gasteiger partial charge in [-0.2, -0.15) is 0 Å². The highest BCUT2D eigenvalue weighted by atomic mass is 16.5. The van der Waals surface area contributed by atoms with E-state index in [0.29, 0.717) is 25.9 Å². The van der Waals surface area contributed by atoms with Crippen LogP contribution in [0, 0.1) is 0 Å². The van der Waals surface area contributed by atoms with E-state index >= 15 is 0 Å². The number of esters is 1. The quantitative estimate of drug-likeness (QED) is 0.0417. The zero-order valence-corrected chi connectivity index (χ0v) is 49.2. The van der Waals surface area contributed by atoms with Crippen molar-refractivity contribution in [3.63, 3.8) is 0 Å². The summed E-state index contributed by atoms with van der Waals surface area (Å²) in [5.41, 5.74) is 0. The molecule has 2 unspecified atom stereocenters. The van der Waals surface area contributed by atoms with Crippen LogP contribution in [0.4, 0.5) is 0 Å². The van der Waals surface area contributed by atoms with Crippen LogP contribution in [0.2, 0.25) is 0 Å². The van der Waals surface area contributed by atoms with Crippen LogP contribution in [0.25, 0.3) is 0 Å². The summed E-state index contributed by atoms with van der Waals surface area (Å²) < 4.78 is 5.49. The van der Waals surface area contributed by atoms with Crippen LogP contribution < -0.4 is 5.32 Å². The van der Waals surface area contributed by atoms with E-state index in [1.54, 1.807) is 0 Å². The molecule has 0 bridgehead atoms. The summed E-state index contributed by atoms with van der Waals surface area (Å²) in [6.45, 7) is 4.98. The molecular formula is C66H131NO5. The number of amides is 1. The van der Waals surface area contributed by atoms with E-state index in [0.717, 1.165) is 51.4 Å². The molecule has 430 valence electrons. The smallest absolute Gasteiger partial charge is 0.305 e. The van der Waals surface area contributed by atoms with Gasteiger partial charge in [-0.25, -0.2) is 0 Å². The van der Waals surface area contributed by atoms with Crippen LogP contribution in [0.3, 0.4) is 0 Å². The second kappa shape index (κ2) is 62.4. The summed E-state index contributed by atoms with van der Waals surface area (Å²) in [5, 5.41) is 23.4.